The molecule has 38 heavy (non-hydrogen) atoms. The van der Waals surface area contributed by atoms with Crippen molar-refractivity contribution in [1.82, 2.24) is 19.5 Å². The minimum Gasteiger partial charge on any atom is -0.388 e. The number of nitrogens with one attached hydrogen (secondary N) is 1. The number of ether oxygens (including phenoxy) is 2. The molecule has 0 aliphatic carbocycles. The lowest BCUT2D eigenvalue weighted by Crippen LogP contribution is -2.57. The van der Waals surface area contributed by atoms with Crippen molar-refractivity contribution < 1.29 is 62.8 Å². The van der Waals surface area contributed by atoms with Gasteiger partial charge in [-0.15, -0.1) is 0 Å². The lowest BCUT2D eigenvalue weighted by Gasteiger charge is -2.39. The maximum absolute atomic E-state index is 12.4. The van der Waals surface area contributed by atoms with Crippen molar-refractivity contribution >= 4 is 32.5 Å². The van der Waals surface area contributed by atoms with Gasteiger partial charge < -0.3 is 50.5 Å². The first kappa shape index (κ1) is 29.2. The summed E-state index contributed by atoms with van der Waals surface area (Å²) in [5.41, 5.74) is 4.64. The second-order valence-electron chi connectivity index (χ2n) is 8.84. The van der Waals surface area contributed by atoms with Gasteiger partial charge in [0, 0.05) is 0 Å². The first-order valence-electron chi connectivity index (χ1n) is 11.0. The van der Waals surface area contributed by atoms with Crippen molar-refractivity contribution in [2.24, 2.45) is 0 Å². The number of aromatic nitrogens is 4. The van der Waals surface area contributed by atoms with Crippen LogP contribution in [0.5, 0.6) is 0 Å². The zero-order valence-electron chi connectivity index (χ0n) is 19.5. The van der Waals surface area contributed by atoms with Gasteiger partial charge in [0.25, 0.3) is 5.56 Å². The number of hydrogen-bond acceptors (Lipinski definition) is 15. The Kier molecular flexibility index (Phi) is 8.15. The van der Waals surface area contributed by atoms with Crippen LogP contribution in [0.25, 0.3) is 11.2 Å². The number of nitrogen functional groups attached to an aromatic ring is 1. The highest BCUT2D eigenvalue weighted by Gasteiger charge is 2.48. The van der Waals surface area contributed by atoms with E-state index < -0.39 is 88.8 Å². The predicted octanol–water partition coefficient (Wildman–Crippen LogP) is -3.49. The van der Waals surface area contributed by atoms with Gasteiger partial charge in [0.15, 0.2) is 17.4 Å². The topological polar surface area (TPSA) is 302 Å². The van der Waals surface area contributed by atoms with Crippen LogP contribution < -0.4 is 11.3 Å². The van der Waals surface area contributed by atoms with Crippen LogP contribution in [0.15, 0.2) is 11.1 Å². The molecule has 10 N–H and O–H groups in total. The third-order valence-corrected chi connectivity index (χ3v) is 9.20. The molecule has 0 saturated carbocycles. The Balaban J connectivity index is 1.39. The lowest BCUT2D eigenvalue weighted by molar-refractivity contribution is -0.211. The van der Waals surface area contributed by atoms with E-state index in [-0.39, 0.29) is 17.1 Å². The lowest BCUT2D eigenvalue weighted by atomic mass is 9.96. The summed E-state index contributed by atoms with van der Waals surface area (Å²) in [6.07, 6.45) is -13.7. The number of anilines is 1. The Morgan fingerprint density at radius 1 is 1.05 bits per heavy atom. The summed E-state index contributed by atoms with van der Waals surface area (Å²) in [5, 5.41) is 50.3. The molecule has 2 aliphatic rings. The fourth-order valence-corrected chi connectivity index (χ4v) is 6.96. The molecular weight excluding hydrogens is 560 g/mol. The number of aliphatic hydroxyl groups is 5. The Morgan fingerprint density at radius 2 is 1.71 bits per heavy atom. The first-order chi connectivity index (χ1) is 17.6. The van der Waals surface area contributed by atoms with Crippen LogP contribution in [0.4, 0.5) is 5.95 Å². The van der Waals surface area contributed by atoms with E-state index >= 15 is 0 Å². The zero-order valence-corrected chi connectivity index (χ0v) is 21.3. The summed E-state index contributed by atoms with van der Waals surface area (Å²) in [6.45, 7) is 0.427. The summed E-state index contributed by atoms with van der Waals surface area (Å²) in [7, 11) is -10.3. The standard InChI is InChI=1S/C17H27N5O14P2/c1-5-9(23)12(26)11(25)7(34-5)3-37(29,30)36-38(31,32)33-2-6-10(24)13(27)16(35-6)22-4-19-8-14(22)20-17(18)21-15(8)28/h4-7,9-13,16,23-27H,2-3H2,1H3,(H,29,30)(H,31,32)(H3,18,20,21,28)/t5?,6-,7?,9?,10-,11?,12?,13-,16?/m1/s1. The van der Waals surface area contributed by atoms with E-state index in [1.54, 1.807) is 0 Å². The molecular formula is C17H27N5O14P2. The number of phosphoric ester groups is 1. The Bertz CT molecular complexity index is 1320. The van der Waals surface area contributed by atoms with Gasteiger partial charge in [0.05, 0.1) is 31.3 Å². The largest absolute Gasteiger partial charge is 0.479 e. The number of aliphatic hydroxyl groups excluding tert-OH is 5. The van der Waals surface area contributed by atoms with E-state index in [4.69, 9.17) is 15.2 Å². The monoisotopic (exact) mass is 587 g/mol. The van der Waals surface area contributed by atoms with Gasteiger partial charge in [-0.2, -0.15) is 4.98 Å². The number of rotatable bonds is 8. The second kappa shape index (κ2) is 10.6. The fourth-order valence-electron chi connectivity index (χ4n) is 4.13. The molecule has 2 saturated heterocycles. The second-order valence-corrected chi connectivity index (χ2v) is 12.3. The average molecular weight is 587 g/mol. The van der Waals surface area contributed by atoms with Gasteiger partial charge in [0.1, 0.15) is 36.6 Å². The molecule has 0 spiro atoms. The molecule has 214 valence electrons. The molecule has 0 radical (unpaired) electrons. The highest BCUT2D eigenvalue weighted by atomic mass is 31.3. The van der Waals surface area contributed by atoms with Crippen molar-refractivity contribution in [2.45, 2.75) is 62.0 Å². The van der Waals surface area contributed by atoms with Crippen molar-refractivity contribution in [3.05, 3.63) is 16.7 Å². The Hall–Kier alpha value is -1.83. The van der Waals surface area contributed by atoms with Crippen LogP contribution in [-0.4, -0.2) is 116 Å². The van der Waals surface area contributed by atoms with E-state index in [9.17, 15) is 49.2 Å². The number of fused-ring (bicyclic) bond motifs is 1. The smallest absolute Gasteiger partial charge is 0.388 e. The molecule has 0 aromatic carbocycles. The van der Waals surface area contributed by atoms with Crippen molar-refractivity contribution in [3.8, 4) is 0 Å². The number of phosphoric acid groups is 1. The maximum atomic E-state index is 12.4. The summed E-state index contributed by atoms with van der Waals surface area (Å²) < 4.78 is 45.6. The molecule has 2 aromatic rings. The minimum absolute atomic E-state index is 0.0828. The zero-order chi connectivity index (χ0) is 28.2. The van der Waals surface area contributed by atoms with Gasteiger partial charge in [-0.25, -0.2) is 13.9 Å². The van der Waals surface area contributed by atoms with Gasteiger partial charge >= 0.3 is 15.4 Å². The Morgan fingerprint density at radius 3 is 2.39 bits per heavy atom. The molecule has 19 nitrogen and oxygen atoms in total. The number of aromatic amines is 1. The van der Waals surface area contributed by atoms with Crippen LogP contribution in [-0.2, 0) is 27.4 Å². The first-order valence-corrected chi connectivity index (χ1v) is 14.3. The van der Waals surface area contributed by atoms with Gasteiger partial charge in [-0.05, 0) is 6.92 Å². The molecule has 4 rings (SSSR count). The Labute approximate surface area is 212 Å². The van der Waals surface area contributed by atoms with E-state index in [1.807, 2.05) is 0 Å². The van der Waals surface area contributed by atoms with Gasteiger partial charge in [-0.1, -0.05) is 0 Å². The van der Waals surface area contributed by atoms with Crippen molar-refractivity contribution in [2.75, 3.05) is 18.5 Å². The third-order valence-electron chi connectivity index (χ3n) is 6.06. The highest BCUT2D eigenvalue weighted by molar-refractivity contribution is 7.64. The molecule has 4 heterocycles. The number of H-pyrrole nitrogens is 1. The van der Waals surface area contributed by atoms with Crippen LogP contribution in [0.2, 0.25) is 0 Å². The quantitative estimate of drug-likeness (QED) is 0.135. The fraction of sp³-hybridized carbons (Fsp3) is 0.706. The van der Waals surface area contributed by atoms with E-state index in [1.165, 1.54) is 6.92 Å². The number of hydrogen-bond donors (Lipinski definition) is 9. The van der Waals surface area contributed by atoms with Gasteiger partial charge in [-0.3, -0.25) is 23.4 Å². The molecule has 0 bridgehead atoms. The average Bonchev–Trinajstić information content (AvgIpc) is 3.35. The summed E-state index contributed by atoms with van der Waals surface area (Å²) in [4.78, 5) is 42.0. The molecule has 11 atom stereocenters. The van der Waals surface area contributed by atoms with E-state index in [0.29, 0.717) is 0 Å². The van der Waals surface area contributed by atoms with Crippen LogP contribution in [0, 0.1) is 0 Å². The van der Waals surface area contributed by atoms with Crippen molar-refractivity contribution in [1.29, 1.82) is 0 Å². The molecule has 2 aromatic heterocycles. The molecule has 8 unspecified atom stereocenters. The molecule has 21 heteroatoms. The van der Waals surface area contributed by atoms with Gasteiger partial charge in [0.2, 0.25) is 5.95 Å². The van der Waals surface area contributed by atoms with Crippen molar-refractivity contribution in [3.63, 3.8) is 0 Å². The maximum Gasteiger partial charge on any atom is 0.479 e. The summed E-state index contributed by atoms with van der Waals surface area (Å²) in [6, 6.07) is 0. The van der Waals surface area contributed by atoms with E-state index in [2.05, 4.69) is 23.8 Å². The molecule has 2 aliphatic heterocycles. The number of imidazole rings is 1. The van der Waals surface area contributed by atoms with Crippen LogP contribution in [0.1, 0.15) is 13.2 Å². The normalized spacial score (nSPS) is 37.2. The number of nitrogens with two attached hydrogens (primary N) is 1. The summed E-state index contributed by atoms with van der Waals surface area (Å²) in [5.74, 6) is -0.254. The minimum atomic E-state index is -5.30. The predicted molar refractivity (Wildman–Crippen MR) is 122 cm³/mol. The van der Waals surface area contributed by atoms with E-state index in [0.717, 1.165) is 10.9 Å². The third kappa shape index (κ3) is 5.85. The van der Waals surface area contributed by atoms with Crippen LogP contribution in [0.3, 0.4) is 0 Å². The SMILES string of the molecule is CC1OC(CP(=O)(O)OP(=O)(O)OC[C@H]2OC(n3cnc4c(=O)[nH]c(N)nc43)[C@H](O)[C@@H]2O)C(O)C(O)C1O. The summed E-state index contributed by atoms with van der Waals surface area (Å²) >= 11 is 0. The highest BCUT2D eigenvalue weighted by Crippen LogP contribution is 2.60. The molecule has 0 amide bonds. The number of nitrogens with zero attached hydrogens (tertiary/aromatic N) is 3. The van der Waals surface area contributed by atoms with Crippen LogP contribution >= 0.6 is 15.4 Å². The molecule has 2 fully saturated rings.